The van der Waals surface area contributed by atoms with Crippen molar-refractivity contribution >= 4 is 18.4 Å². The van der Waals surface area contributed by atoms with E-state index in [-0.39, 0.29) is 24.4 Å². The molecule has 0 aromatic carbocycles. The Bertz CT molecular complexity index is 185. The van der Waals surface area contributed by atoms with Crippen LogP contribution in [0.2, 0.25) is 0 Å². The summed E-state index contributed by atoms with van der Waals surface area (Å²) >= 11 is 0. The van der Waals surface area contributed by atoms with Gasteiger partial charge in [0, 0.05) is 6.54 Å². The van der Waals surface area contributed by atoms with Gasteiger partial charge in [-0.1, -0.05) is 0 Å². The highest BCUT2D eigenvalue weighted by Gasteiger charge is 2.26. The molecule has 1 fully saturated rings. The lowest BCUT2D eigenvalue weighted by atomic mass is 10.2. The van der Waals surface area contributed by atoms with Crippen molar-refractivity contribution in [2.75, 3.05) is 19.8 Å². The molecule has 5 heteroatoms. The number of morpholine rings is 1. The van der Waals surface area contributed by atoms with Crippen molar-refractivity contribution in [2.24, 2.45) is 0 Å². The SMILES string of the molecule is CC(C)(C)OC(=O)[C@H]1COCCN1.Cl. The van der Waals surface area contributed by atoms with Crippen molar-refractivity contribution in [3.63, 3.8) is 0 Å². The van der Waals surface area contributed by atoms with Crippen LogP contribution in [0.4, 0.5) is 0 Å². The van der Waals surface area contributed by atoms with Crippen LogP contribution >= 0.6 is 12.4 Å². The first-order valence-corrected chi connectivity index (χ1v) is 4.53. The minimum Gasteiger partial charge on any atom is -0.459 e. The second-order valence-corrected chi connectivity index (χ2v) is 4.12. The van der Waals surface area contributed by atoms with E-state index >= 15 is 0 Å². The van der Waals surface area contributed by atoms with Gasteiger partial charge in [0.1, 0.15) is 11.6 Å². The van der Waals surface area contributed by atoms with Gasteiger partial charge in [0.05, 0.1) is 13.2 Å². The number of hydrogen-bond donors (Lipinski definition) is 1. The number of carbonyl (C=O) groups excluding carboxylic acids is 1. The topological polar surface area (TPSA) is 47.6 Å². The number of hydrogen-bond acceptors (Lipinski definition) is 4. The van der Waals surface area contributed by atoms with Crippen LogP contribution in [0.5, 0.6) is 0 Å². The average molecular weight is 224 g/mol. The molecule has 1 heterocycles. The molecule has 4 nitrogen and oxygen atoms in total. The molecule has 0 spiro atoms. The molecule has 0 amide bonds. The van der Waals surface area contributed by atoms with Crippen LogP contribution in [-0.2, 0) is 14.3 Å². The Morgan fingerprint density at radius 1 is 1.50 bits per heavy atom. The molecule has 0 aliphatic carbocycles. The quantitative estimate of drug-likeness (QED) is 0.667. The highest BCUT2D eigenvalue weighted by Crippen LogP contribution is 2.09. The highest BCUT2D eigenvalue weighted by molar-refractivity contribution is 5.85. The number of rotatable bonds is 1. The van der Waals surface area contributed by atoms with Crippen LogP contribution in [0, 0.1) is 0 Å². The Balaban J connectivity index is 0.00000169. The predicted molar refractivity (Wildman–Crippen MR) is 55.7 cm³/mol. The van der Waals surface area contributed by atoms with E-state index in [4.69, 9.17) is 9.47 Å². The first-order valence-electron chi connectivity index (χ1n) is 4.53. The van der Waals surface area contributed by atoms with Crippen LogP contribution in [0.15, 0.2) is 0 Å². The summed E-state index contributed by atoms with van der Waals surface area (Å²) in [5.74, 6) is -0.229. The molecule has 0 radical (unpaired) electrons. The summed E-state index contributed by atoms with van der Waals surface area (Å²) in [6.07, 6.45) is 0. The maximum absolute atomic E-state index is 11.4. The number of esters is 1. The number of carbonyl (C=O) groups is 1. The Labute approximate surface area is 90.7 Å². The molecule has 1 rings (SSSR count). The lowest BCUT2D eigenvalue weighted by molar-refractivity contribution is -0.160. The van der Waals surface area contributed by atoms with Crippen LogP contribution in [0.25, 0.3) is 0 Å². The van der Waals surface area contributed by atoms with E-state index in [1.54, 1.807) is 0 Å². The van der Waals surface area contributed by atoms with Gasteiger partial charge in [-0.25, -0.2) is 0 Å². The molecule has 0 bridgehead atoms. The van der Waals surface area contributed by atoms with Gasteiger partial charge in [0.2, 0.25) is 0 Å². The zero-order valence-electron chi connectivity index (χ0n) is 8.83. The summed E-state index contributed by atoms with van der Waals surface area (Å²) in [4.78, 5) is 11.4. The monoisotopic (exact) mass is 223 g/mol. The number of halogens is 1. The number of nitrogens with one attached hydrogen (secondary N) is 1. The van der Waals surface area contributed by atoms with E-state index in [2.05, 4.69) is 5.32 Å². The minimum atomic E-state index is -0.420. The fraction of sp³-hybridized carbons (Fsp3) is 0.889. The average Bonchev–Trinajstić information content (AvgIpc) is 2.03. The second kappa shape index (κ2) is 5.53. The van der Waals surface area contributed by atoms with Gasteiger partial charge < -0.3 is 14.8 Å². The third-order valence-corrected chi connectivity index (χ3v) is 1.61. The molecule has 1 saturated heterocycles. The Hall–Kier alpha value is -0.320. The summed E-state index contributed by atoms with van der Waals surface area (Å²) < 4.78 is 10.4. The zero-order valence-corrected chi connectivity index (χ0v) is 9.65. The molecule has 1 N–H and O–H groups in total. The first kappa shape index (κ1) is 13.7. The summed E-state index contributed by atoms with van der Waals surface area (Å²) in [7, 11) is 0. The Morgan fingerprint density at radius 2 is 2.14 bits per heavy atom. The smallest absolute Gasteiger partial charge is 0.326 e. The van der Waals surface area contributed by atoms with Crippen molar-refractivity contribution in [1.82, 2.24) is 5.32 Å². The molecule has 0 saturated carbocycles. The summed E-state index contributed by atoms with van der Waals surface area (Å²) in [6, 6.07) is -0.298. The van der Waals surface area contributed by atoms with Crippen LogP contribution < -0.4 is 5.32 Å². The highest BCUT2D eigenvalue weighted by atomic mass is 35.5. The molecule has 0 aromatic rings. The van der Waals surface area contributed by atoms with Gasteiger partial charge in [-0.15, -0.1) is 12.4 Å². The largest absolute Gasteiger partial charge is 0.459 e. The Morgan fingerprint density at radius 3 is 2.57 bits per heavy atom. The van der Waals surface area contributed by atoms with Crippen molar-refractivity contribution in [3.05, 3.63) is 0 Å². The third-order valence-electron chi connectivity index (χ3n) is 1.61. The van der Waals surface area contributed by atoms with E-state index in [0.29, 0.717) is 19.8 Å². The summed E-state index contributed by atoms with van der Waals surface area (Å²) in [5.41, 5.74) is -0.420. The first-order chi connectivity index (χ1) is 5.99. The van der Waals surface area contributed by atoms with Crippen molar-refractivity contribution in [2.45, 2.75) is 32.4 Å². The number of ether oxygens (including phenoxy) is 2. The summed E-state index contributed by atoms with van der Waals surface area (Å²) in [6.45, 7) is 7.36. The predicted octanol–water partition coefficient (Wildman–Crippen LogP) is 0.738. The van der Waals surface area contributed by atoms with Gasteiger partial charge in [0.15, 0.2) is 0 Å². The Kier molecular flexibility index (Phi) is 5.41. The zero-order chi connectivity index (χ0) is 9.90. The van der Waals surface area contributed by atoms with Gasteiger partial charge in [0.25, 0.3) is 0 Å². The van der Waals surface area contributed by atoms with Gasteiger partial charge in [-0.05, 0) is 20.8 Å². The van der Waals surface area contributed by atoms with Gasteiger partial charge >= 0.3 is 5.97 Å². The molecule has 1 atom stereocenters. The minimum absolute atomic E-state index is 0. The maximum Gasteiger partial charge on any atom is 0.326 e. The molecular weight excluding hydrogens is 206 g/mol. The van der Waals surface area contributed by atoms with E-state index < -0.39 is 5.60 Å². The van der Waals surface area contributed by atoms with E-state index in [1.807, 2.05) is 20.8 Å². The van der Waals surface area contributed by atoms with Crippen LogP contribution in [0.1, 0.15) is 20.8 Å². The maximum atomic E-state index is 11.4. The van der Waals surface area contributed by atoms with Gasteiger partial charge in [-0.2, -0.15) is 0 Å². The fourth-order valence-corrected chi connectivity index (χ4v) is 1.09. The molecule has 1 aliphatic heterocycles. The molecule has 0 aromatic heterocycles. The lowest BCUT2D eigenvalue weighted by Gasteiger charge is -2.26. The van der Waals surface area contributed by atoms with E-state index in [9.17, 15) is 4.79 Å². The molecule has 14 heavy (non-hydrogen) atoms. The normalized spacial score (nSPS) is 22.4. The van der Waals surface area contributed by atoms with Crippen LogP contribution in [0.3, 0.4) is 0 Å². The fourth-order valence-electron chi connectivity index (χ4n) is 1.09. The summed E-state index contributed by atoms with van der Waals surface area (Å²) in [5, 5.41) is 3.04. The van der Waals surface area contributed by atoms with Crippen molar-refractivity contribution in [1.29, 1.82) is 0 Å². The molecular formula is C9H18ClNO3. The van der Waals surface area contributed by atoms with E-state index in [0.717, 1.165) is 0 Å². The molecule has 1 aliphatic rings. The molecule has 0 unspecified atom stereocenters. The molecule has 84 valence electrons. The van der Waals surface area contributed by atoms with E-state index in [1.165, 1.54) is 0 Å². The lowest BCUT2D eigenvalue weighted by Crippen LogP contribution is -2.48. The standard InChI is InChI=1S/C9H17NO3.ClH/c1-9(2,3)13-8(11)7-6-12-5-4-10-7;/h7,10H,4-6H2,1-3H3;1H/t7-;/m1./s1. The van der Waals surface area contributed by atoms with Gasteiger partial charge in [-0.3, -0.25) is 4.79 Å². The third kappa shape index (κ3) is 4.79. The van der Waals surface area contributed by atoms with Crippen LogP contribution in [-0.4, -0.2) is 37.4 Å². The second-order valence-electron chi connectivity index (χ2n) is 4.12. The van der Waals surface area contributed by atoms with Crippen molar-refractivity contribution < 1.29 is 14.3 Å². The van der Waals surface area contributed by atoms with Crippen molar-refractivity contribution in [3.8, 4) is 0 Å².